The number of benzene rings is 1. The third-order valence-electron chi connectivity index (χ3n) is 1.79. The van der Waals surface area contributed by atoms with E-state index in [0.29, 0.717) is 6.42 Å². The Hall–Kier alpha value is -0.870. The maximum atomic E-state index is 5.59. The highest BCUT2D eigenvalue weighted by Gasteiger charge is 2.01. The van der Waals surface area contributed by atoms with Crippen LogP contribution in [0.1, 0.15) is 11.4 Å². The van der Waals surface area contributed by atoms with Crippen molar-refractivity contribution in [2.45, 2.75) is 6.42 Å². The van der Waals surface area contributed by atoms with Gasteiger partial charge in [0.15, 0.2) is 0 Å². The van der Waals surface area contributed by atoms with Gasteiger partial charge in [-0.25, -0.2) is 4.98 Å². The van der Waals surface area contributed by atoms with Crippen molar-refractivity contribution in [3.63, 3.8) is 0 Å². The Kier molecular flexibility index (Phi) is 2.84. The van der Waals surface area contributed by atoms with Crippen molar-refractivity contribution in [1.29, 1.82) is 0 Å². The molecule has 72 valence electrons. The van der Waals surface area contributed by atoms with E-state index in [1.807, 2.05) is 24.3 Å². The van der Waals surface area contributed by atoms with Gasteiger partial charge >= 0.3 is 0 Å². The van der Waals surface area contributed by atoms with E-state index in [9.17, 15) is 0 Å². The van der Waals surface area contributed by atoms with Crippen LogP contribution in [0.15, 0.2) is 28.7 Å². The van der Waals surface area contributed by atoms with Gasteiger partial charge in [0.2, 0.25) is 5.28 Å². The first-order chi connectivity index (χ1) is 6.74. The Morgan fingerprint density at radius 1 is 1.29 bits per heavy atom. The fourth-order valence-electron chi connectivity index (χ4n) is 1.15. The van der Waals surface area contributed by atoms with Crippen LogP contribution in [0.3, 0.4) is 0 Å². The fourth-order valence-corrected chi connectivity index (χ4v) is 1.56. The van der Waals surface area contributed by atoms with E-state index in [0.717, 1.165) is 10.3 Å². The summed E-state index contributed by atoms with van der Waals surface area (Å²) in [5.74, 6) is 0.775. The maximum Gasteiger partial charge on any atom is 0.242 e. The van der Waals surface area contributed by atoms with Crippen LogP contribution < -0.4 is 0 Å². The van der Waals surface area contributed by atoms with Crippen molar-refractivity contribution in [2.75, 3.05) is 0 Å². The molecule has 1 N–H and O–H groups in total. The lowest BCUT2D eigenvalue weighted by molar-refractivity contribution is 0.972. The van der Waals surface area contributed by atoms with Crippen LogP contribution in [0.2, 0.25) is 5.28 Å². The molecule has 5 heteroatoms. The van der Waals surface area contributed by atoms with Gasteiger partial charge in [0.05, 0.1) is 0 Å². The average molecular weight is 273 g/mol. The van der Waals surface area contributed by atoms with Crippen molar-refractivity contribution in [3.05, 3.63) is 45.4 Å². The quantitative estimate of drug-likeness (QED) is 0.913. The summed E-state index contributed by atoms with van der Waals surface area (Å²) >= 11 is 8.97. The van der Waals surface area contributed by atoms with Crippen LogP contribution >= 0.6 is 27.5 Å². The predicted molar refractivity (Wildman–Crippen MR) is 58.3 cm³/mol. The van der Waals surface area contributed by atoms with Gasteiger partial charge in [-0.15, -0.1) is 5.10 Å². The number of rotatable bonds is 2. The molecule has 0 bridgehead atoms. The van der Waals surface area contributed by atoms with E-state index in [1.165, 1.54) is 5.56 Å². The summed E-state index contributed by atoms with van der Waals surface area (Å²) in [5, 5.41) is 6.78. The highest BCUT2D eigenvalue weighted by molar-refractivity contribution is 9.10. The molecule has 0 unspecified atom stereocenters. The van der Waals surface area contributed by atoms with E-state index in [2.05, 4.69) is 31.1 Å². The summed E-state index contributed by atoms with van der Waals surface area (Å²) in [6.07, 6.45) is 0.715. The molecule has 0 atom stereocenters. The van der Waals surface area contributed by atoms with Gasteiger partial charge in [-0.2, -0.15) is 0 Å². The topological polar surface area (TPSA) is 41.6 Å². The summed E-state index contributed by atoms with van der Waals surface area (Å²) < 4.78 is 1.07. The van der Waals surface area contributed by atoms with Crippen molar-refractivity contribution < 1.29 is 0 Å². The largest absolute Gasteiger partial charge is 0.261 e. The first-order valence-electron chi connectivity index (χ1n) is 4.05. The number of H-pyrrole nitrogens is 1. The summed E-state index contributed by atoms with van der Waals surface area (Å²) in [6.45, 7) is 0. The second kappa shape index (κ2) is 4.11. The Morgan fingerprint density at radius 2 is 2.00 bits per heavy atom. The number of nitrogens with one attached hydrogen (secondary N) is 1. The monoisotopic (exact) mass is 271 g/mol. The predicted octanol–water partition coefficient (Wildman–Crippen LogP) is 2.81. The van der Waals surface area contributed by atoms with Crippen LogP contribution in [0, 0.1) is 0 Å². The van der Waals surface area contributed by atoms with E-state index < -0.39 is 0 Å². The first-order valence-corrected chi connectivity index (χ1v) is 5.22. The molecule has 0 aliphatic rings. The van der Waals surface area contributed by atoms with Gasteiger partial charge in [-0.3, -0.25) is 5.10 Å². The number of aromatic amines is 1. The lowest BCUT2D eigenvalue weighted by Crippen LogP contribution is -1.90. The molecule has 14 heavy (non-hydrogen) atoms. The minimum Gasteiger partial charge on any atom is -0.261 e. The Labute approximate surface area is 94.6 Å². The van der Waals surface area contributed by atoms with Gasteiger partial charge in [0.1, 0.15) is 5.82 Å². The van der Waals surface area contributed by atoms with E-state index in [1.54, 1.807) is 0 Å². The van der Waals surface area contributed by atoms with Crippen LogP contribution in [-0.4, -0.2) is 15.2 Å². The standard InChI is InChI=1S/C9H7BrClN3/c10-7-3-1-6(2-4-7)5-8-12-9(11)14-13-8/h1-4H,5H2,(H,12,13,14). The Balaban J connectivity index is 2.15. The van der Waals surface area contributed by atoms with Gasteiger partial charge < -0.3 is 0 Å². The first kappa shape index (κ1) is 9.68. The van der Waals surface area contributed by atoms with Gasteiger partial charge in [0, 0.05) is 10.9 Å². The number of aromatic nitrogens is 3. The number of hydrogen-bond donors (Lipinski definition) is 1. The van der Waals surface area contributed by atoms with Crippen LogP contribution in [0.5, 0.6) is 0 Å². The third kappa shape index (κ3) is 2.33. The van der Waals surface area contributed by atoms with Crippen LogP contribution in [-0.2, 0) is 6.42 Å². The van der Waals surface area contributed by atoms with Crippen molar-refractivity contribution in [3.8, 4) is 0 Å². The molecule has 0 aliphatic carbocycles. The van der Waals surface area contributed by atoms with Crippen molar-refractivity contribution in [1.82, 2.24) is 15.2 Å². The molecule has 0 radical (unpaired) electrons. The van der Waals surface area contributed by atoms with Crippen molar-refractivity contribution in [2.24, 2.45) is 0 Å². The van der Waals surface area contributed by atoms with Crippen LogP contribution in [0.25, 0.3) is 0 Å². The zero-order chi connectivity index (χ0) is 9.97. The minimum absolute atomic E-state index is 0.261. The molecule has 1 aromatic carbocycles. The molecule has 0 aliphatic heterocycles. The zero-order valence-corrected chi connectivity index (χ0v) is 9.51. The van der Waals surface area contributed by atoms with Crippen molar-refractivity contribution >= 4 is 27.5 Å². The molecular weight excluding hydrogens is 265 g/mol. The summed E-state index contributed by atoms with van der Waals surface area (Å²) in [5.41, 5.74) is 1.17. The smallest absolute Gasteiger partial charge is 0.242 e. The number of halogens is 2. The van der Waals surface area contributed by atoms with Gasteiger partial charge in [-0.1, -0.05) is 28.1 Å². The summed E-state index contributed by atoms with van der Waals surface area (Å²) in [7, 11) is 0. The Morgan fingerprint density at radius 3 is 2.57 bits per heavy atom. The highest BCUT2D eigenvalue weighted by Crippen LogP contribution is 2.12. The van der Waals surface area contributed by atoms with Gasteiger partial charge in [-0.05, 0) is 29.3 Å². The fraction of sp³-hybridized carbons (Fsp3) is 0.111. The Bertz CT molecular complexity index is 424. The molecule has 0 saturated heterocycles. The number of hydrogen-bond acceptors (Lipinski definition) is 2. The normalized spacial score (nSPS) is 10.4. The van der Waals surface area contributed by atoms with E-state index >= 15 is 0 Å². The minimum atomic E-state index is 0.261. The molecule has 0 saturated carbocycles. The third-order valence-corrected chi connectivity index (χ3v) is 2.49. The van der Waals surface area contributed by atoms with E-state index in [-0.39, 0.29) is 5.28 Å². The molecule has 0 spiro atoms. The molecule has 2 rings (SSSR count). The summed E-state index contributed by atoms with van der Waals surface area (Å²) in [6, 6.07) is 8.04. The molecule has 1 heterocycles. The average Bonchev–Trinajstić information content (AvgIpc) is 2.56. The van der Waals surface area contributed by atoms with Gasteiger partial charge in [0.25, 0.3) is 0 Å². The zero-order valence-electron chi connectivity index (χ0n) is 7.17. The second-order valence-electron chi connectivity index (χ2n) is 2.85. The molecule has 3 nitrogen and oxygen atoms in total. The van der Waals surface area contributed by atoms with Crippen LogP contribution in [0.4, 0.5) is 0 Å². The SMILES string of the molecule is Clc1n[nH]c(Cc2ccc(Br)cc2)n1. The summed E-state index contributed by atoms with van der Waals surface area (Å²) in [4.78, 5) is 4.02. The molecule has 1 aromatic heterocycles. The second-order valence-corrected chi connectivity index (χ2v) is 4.11. The lowest BCUT2D eigenvalue weighted by atomic mass is 10.1. The number of nitrogens with zero attached hydrogens (tertiary/aromatic N) is 2. The highest BCUT2D eigenvalue weighted by atomic mass is 79.9. The molecule has 2 aromatic rings. The molecule has 0 amide bonds. The lowest BCUT2D eigenvalue weighted by Gasteiger charge is -1.97. The molecular formula is C9H7BrClN3. The molecule has 0 fully saturated rings. The van der Waals surface area contributed by atoms with E-state index in [4.69, 9.17) is 11.6 Å². The maximum absolute atomic E-state index is 5.59.